The summed E-state index contributed by atoms with van der Waals surface area (Å²) >= 11 is 12.0. The molecule has 1 heterocycles. The normalized spacial score (nSPS) is 11.6. The van der Waals surface area contributed by atoms with Crippen LogP contribution in [0.5, 0.6) is 0 Å². The van der Waals surface area contributed by atoms with Gasteiger partial charge in [0.2, 0.25) is 0 Å². The Bertz CT molecular complexity index is 743. The van der Waals surface area contributed by atoms with Crippen molar-refractivity contribution >= 4 is 38.9 Å². The van der Waals surface area contributed by atoms with E-state index >= 15 is 0 Å². The van der Waals surface area contributed by atoms with Crippen LogP contribution in [0.15, 0.2) is 23.4 Å². The topological polar surface area (TPSA) is 101 Å². The van der Waals surface area contributed by atoms with Gasteiger partial charge >= 0.3 is 0 Å². The van der Waals surface area contributed by atoms with Gasteiger partial charge in [0.25, 0.3) is 10.0 Å². The van der Waals surface area contributed by atoms with E-state index in [0.29, 0.717) is 10.6 Å². The molecular weight excluding hydrogens is 323 g/mol. The number of rotatable bonds is 4. The third-order valence-corrected chi connectivity index (χ3v) is 4.76. The second kappa shape index (κ2) is 5.61. The highest BCUT2D eigenvalue weighted by molar-refractivity contribution is 7.92. The van der Waals surface area contributed by atoms with Crippen molar-refractivity contribution in [1.29, 1.82) is 0 Å². The average Bonchev–Trinajstić information content (AvgIpc) is 2.84. The predicted molar refractivity (Wildman–Crippen MR) is 78.5 cm³/mol. The van der Waals surface area contributed by atoms with Crippen molar-refractivity contribution in [2.45, 2.75) is 18.5 Å². The van der Waals surface area contributed by atoms with E-state index in [1.54, 1.807) is 13.0 Å². The highest BCUT2D eigenvalue weighted by Crippen LogP contribution is 2.30. The number of halogens is 2. The second-order valence-corrected chi connectivity index (χ2v) is 6.55. The molecule has 6 nitrogen and oxygen atoms in total. The minimum atomic E-state index is -3.86. The summed E-state index contributed by atoms with van der Waals surface area (Å²) in [7, 11) is -3.86. The third kappa shape index (κ3) is 2.90. The Morgan fingerprint density at radius 3 is 2.70 bits per heavy atom. The fourth-order valence-corrected chi connectivity index (χ4v) is 3.30. The van der Waals surface area contributed by atoms with Crippen molar-refractivity contribution < 1.29 is 8.42 Å². The van der Waals surface area contributed by atoms with Gasteiger partial charge in [0.05, 0.1) is 16.9 Å². The predicted octanol–water partition coefficient (Wildman–Crippen LogP) is 2.28. The molecular formula is C11H12Cl2N4O2S. The lowest BCUT2D eigenvalue weighted by Gasteiger charge is -2.11. The van der Waals surface area contributed by atoms with E-state index in [4.69, 9.17) is 28.9 Å². The first-order valence-electron chi connectivity index (χ1n) is 5.56. The second-order valence-electron chi connectivity index (χ2n) is 4.12. The SMILES string of the molecule is Cc1cc(Cl)c(NS(=O)(=O)c2[nH]ncc2CN)cc1Cl. The van der Waals surface area contributed by atoms with Gasteiger partial charge in [-0.15, -0.1) is 0 Å². The maximum Gasteiger partial charge on any atom is 0.279 e. The van der Waals surface area contributed by atoms with Crippen molar-refractivity contribution in [3.63, 3.8) is 0 Å². The van der Waals surface area contributed by atoms with Gasteiger partial charge in [-0.05, 0) is 24.6 Å². The van der Waals surface area contributed by atoms with E-state index in [9.17, 15) is 8.42 Å². The Morgan fingerprint density at radius 2 is 2.05 bits per heavy atom. The van der Waals surface area contributed by atoms with Gasteiger partial charge in [0.15, 0.2) is 5.03 Å². The number of aryl methyl sites for hydroxylation is 1. The van der Waals surface area contributed by atoms with Gasteiger partial charge in [-0.2, -0.15) is 13.5 Å². The number of aromatic nitrogens is 2. The van der Waals surface area contributed by atoms with E-state index in [0.717, 1.165) is 5.56 Å². The van der Waals surface area contributed by atoms with E-state index in [-0.39, 0.29) is 22.3 Å². The Hall–Kier alpha value is -1.28. The van der Waals surface area contributed by atoms with Crippen LogP contribution in [0.3, 0.4) is 0 Å². The quantitative estimate of drug-likeness (QED) is 0.798. The van der Waals surface area contributed by atoms with Crippen LogP contribution in [-0.4, -0.2) is 18.6 Å². The first kappa shape index (κ1) is 15.1. The summed E-state index contributed by atoms with van der Waals surface area (Å²) in [5.74, 6) is 0. The maximum atomic E-state index is 12.3. The highest BCUT2D eigenvalue weighted by atomic mass is 35.5. The molecule has 0 spiro atoms. The molecule has 0 fully saturated rings. The minimum Gasteiger partial charge on any atom is -0.326 e. The lowest BCUT2D eigenvalue weighted by molar-refractivity contribution is 0.596. The lowest BCUT2D eigenvalue weighted by Crippen LogP contribution is -2.16. The van der Waals surface area contributed by atoms with Gasteiger partial charge in [-0.25, -0.2) is 0 Å². The van der Waals surface area contributed by atoms with Crippen molar-refractivity contribution in [2.75, 3.05) is 4.72 Å². The van der Waals surface area contributed by atoms with Crippen LogP contribution >= 0.6 is 23.2 Å². The van der Waals surface area contributed by atoms with Crippen molar-refractivity contribution in [1.82, 2.24) is 10.2 Å². The van der Waals surface area contributed by atoms with Crippen molar-refractivity contribution in [3.05, 3.63) is 39.5 Å². The molecule has 2 rings (SSSR count). The molecule has 108 valence electrons. The van der Waals surface area contributed by atoms with Crippen molar-refractivity contribution in [3.8, 4) is 0 Å². The van der Waals surface area contributed by atoms with Gasteiger partial charge < -0.3 is 5.73 Å². The number of nitrogens with two attached hydrogens (primary N) is 1. The molecule has 0 unspecified atom stereocenters. The average molecular weight is 335 g/mol. The molecule has 1 aromatic heterocycles. The van der Waals surface area contributed by atoms with E-state index < -0.39 is 10.0 Å². The molecule has 0 aliphatic heterocycles. The molecule has 0 aliphatic rings. The Morgan fingerprint density at radius 1 is 1.35 bits per heavy atom. The third-order valence-electron chi connectivity index (χ3n) is 2.66. The summed E-state index contributed by atoms with van der Waals surface area (Å²) in [4.78, 5) is 0. The summed E-state index contributed by atoms with van der Waals surface area (Å²) in [6.07, 6.45) is 1.36. The molecule has 9 heteroatoms. The number of hydrogen-bond acceptors (Lipinski definition) is 4. The number of hydrogen-bond donors (Lipinski definition) is 3. The molecule has 0 saturated carbocycles. The number of aromatic amines is 1. The van der Waals surface area contributed by atoms with Crippen LogP contribution in [0.2, 0.25) is 10.0 Å². The molecule has 0 aliphatic carbocycles. The van der Waals surface area contributed by atoms with Gasteiger partial charge in [0.1, 0.15) is 0 Å². The Labute approximate surface area is 126 Å². The van der Waals surface area contributed by atoms with E-state index in [1.807, 2.05) is 0 Å². The minimum absolute atomic E-state index is 0.0507. The summed E-state index contributed by atoms with van der Waals surface area (Å²) in [5, 5.41) is 6.65. The van der Waals surface area contributed by atoms with E-state index in [1.165, 1.54) is 12.3 Å². The van der Waals surface area contributed by atoms with Crippen LogP contribution in [0, 0.1) is 6.92 Å². The van der Waals surface area contributed by atoms with Gasteiger partial charge in [-0.3, -0.25) is 9.82 Å². The monoisotopic (exact) mass is 334 g/mol. The fourth-order valence-electron chi connectivity index (χ4n) is 1.60. The van der Waals surface area contributed by atoms with Crippen LogP contribution in [0.25, 0.3) is 0 Å². The standard InChI is InChI=1S/C11H12Cl2N4O2S/c1-6-2-9(13)10(3-8(6)12)17-20(18,19)11-7(4-14)5-15-16-11/h2-3,5,17H,4,14H2,1H3,(H,15,16). The molecule has 0 bridgehead atoms. The number of sulfonamides is 1. The van der Waals surface area contributed by atoms with Crippen LogP contribution in [0.1, 0.15) is 11.1 Å². The number of anilines is 1. The zero-order valence-electron chi connectivity index (χ0n) is 10.4. The molecule has 0 amide bonds. The lowest BCUT2D eigenvalue weighted by atomic mass is 10.2. The number of benzene rings is 1. The zero-order valence-corrected chi connectivity index (χ0v) is 12.8. The Kier molecular flexibility index (Phi) is 4.24. The smallest absolute Gasteiger partial charge is 0.279 e. The zero-order chi connectivity index (χ0) is 14.9. The molecule has 1 aromatic carbocycles. The molecule has 4 N–H and O–H groups in total. The molecule has 2 aromatic rings. The molecule has 0 saturated heterocycles. The van der Waals surface area contributed by atoms with Crippen LogP contribution < -0.4 is 10.5 Å². The fraction of sp³-hybridized carbons (Fsp3) is 0.182. The van der Waals surface area contributed by atoms with E-state index in [2.05, 4.69) is 14.9 Å². The molecule has 0 atom stereocenters. The maximum absolute atomic E-state index is 12.3. The van der Waals surface area contributed by atoms with Gasteiger partial charge in [0, 0.05) is 17.1 Å². The van der Waals surface area contributed by atoms with Gasteiger partial charge in [-0.1, -0.05) is 23.2 Å². The first-order chi connectivity index (χ1) is 9.35. The molecule has 0 radical (unpaired) electrons. The summed E-state index contributed by atoms with van der Waals surface area (Å²) in [6, 6.07) is 3.04. The van der Waals surface area contributed by atoms with Crippen LogP contribution in [0.4, 0.5) is 5.69 Å². The summed E-state index contributed by atoms with van der Waals surface area (Å²) in [6.45, 7) is 1.82. The largest absolute Gasteiger partial charge is 0.326 e. The summed E-state index contributed by atoms with van der Waals surface area (Å²) < 4.78 is 26.9. The number of nitrogens with zero attached hydrogens (tertiary/aromatic N) is 1. The number of H-pyrrole nitrogens is 1. The van der Waals surface area contributed by atoms with Crippen LogP contribution in [-0.2, 0) is 16.6 Å². The Balaban J connectivity index is 2.41. The van der Waals surface area contributed by atoms with Crippen molar-refractivity contribution in [2.24, 2.45) is 5.73 Å². The molecule has 20 heavy (non-hydrogen) atoms. The highest BCUT2D eigenvalue weighted by Gasteiger charge is 2.21. The number of nitrogens with one attached hydrogen (secondary N) is 2. The first-order valence-corrected chi connectivity index (χ1v) is 7.80. The summed E-state index contributed by atoms with van der Waals surface area (Å²) in [5.41, 5.74) is 6.79.